The van der Waals surface area contributed by atoms with Gasteiger partial charge < -0.3 is 10.1 Å². The smallest absolute Gasteiger partial charge is 0.327 e. The van der Waals surface area contributed by atoms with Crippen molar-refractivity contribution in [3.05, 3.63) is 34.3 Å². The van der Waals surface area contributed by atoms with Crippen LogP contribution in [-0.2, 0) is 9.53 Å². The first-order valence-electron chi connectivity index (χ1n) is 4.20. The molecule has 0 amide bonds. The highest BCUT2D eigenvalue weighted by molar-refractivity contribution is 9.10. The summed E-state index contributed by atoms with van der Waals surface area (Å²) >= 11 is 3.39. The molecule has 1 rings (SSSR count). The molecule has 0 fully saturated rings. The predicted molar refractivity (Wildman–Crippen MR) is 58.0 cm³/mol. The summed E-state index contributed by atoms with van der Waals surface area (Å²) in [5.41, 5.74) is 0.877. The molecule has 0 aromatic heterocycles. The van der Waals surface area contributed by atoms with Gasteiger partial charge in [-0.15, -0.1) is 0 Å². The van der Waals surface area contributed by atoms with Crippen molar-refractivity contribution in [3.8, 4) is 0 Å². The summed E-state index contributed by atoms with van der Waals surface area (Å²) in [6, 6.07) is 7.13. The Morgan fingerprint density at radius 1 is 1.50 bits per heavy atom. The Hall–Kier alpha value is -0.870. The van der Waals surface area contributed by atoms with Crippen molar-refractivity contribution < 1.29 is 9.53 Å². The summed E-state index contributed by atoms with van der Waals surface area (Å²) in [5.74, 6) is -0.292. The number of hydrogen-bond acceptors (Lipinski definition) is 3. The molecule has 0 aliphatic carbocycles. The molecule has 0 radical (unpaired) electrons. The first-order chi connectivity index (χ1) is 6.70. The quantitative estimate of drug-likeness (QED) is 0.841. The van der Waals surface area contributed by atoms with Gasteiger partial charge in [-0.05, 0) is 18.7 Å². The second kappa shape index (κ2) is 5.12. The molecular formula is C10H12BrNO2. The lowest BCUT2D eigenvalue weighted by molar-refractivity contribution is -0.143. The fourth-order valence-corrected chi connectivity index (χ4v) is 1.74. The largest absolute Gasteiger partial charge is 0.468 e. The molecule has 3 nitrogen and oxygen atoms in total. The number of ether oxygens (including phenoxy) is 1. The van der Waals surface area contributed by atoms with Crippen molar-refractivity contribution in [1.82, 2.24) is 5.32 Å². The van der Waals surface area contributed by atoms with E-state index in [-0.39, 0.29) is 5.97 Å². The van der Waals surface area contributed by atoms with E-state index in [1.54, 1.807) is 7.05 Å². The molecule has 1 N–H and O–H groups in total. The predicted octanol–water partition coefficient (Wildman–Crippen LogP) is 1.88. The lowest BCUT2D eigenvalue weighted by atomic mass is 10.1. The summed E-state index contributed by atoms with van der Waals surface area (Å²) in [6.45, 7) is 0. The number of carbonyl (C=O) groups excluding carboxylic acids is 1. The third kappa shape index (κ3) is 2.33. The maximum absolute atomic E-state index is 11.4. The average Bonchev–Trinajstić information content (AvgIpc) is 2.21. The van der Waals surface area contributed by atoms with E-state index in [9.17, 15) is 4.79 Å². The van der Waals surface area contributed by atoms with Gasteiger partial charge in [0.05, 0.1) is 7.11 Å². The number of carbonyl (C=O) groups is 1. The summed E-state index contributed by atoms with van der Waals surface area (Å²) in [7, 11) is 3.10. The van der Waals surface area contributed by atoms with Crippen LogP contribution < -0.4 is 5.32 Å². The van der Waals surface area contributed by atoms with Crippen molar-refractivity contribution >= 4 is 21.9 Å². The Labute approximate surface area is 91.6 Å². The highest BCUT2D eigenvalue weighted by atomic mass is 79.9. The van der Waals surface area contributed by atoms with Crippen LogP contribution in [0.1, 0.15) is 11.6 Å². The molecule has 0 spiro atoms. The van der Waals surface area contributed by atoms with E-state index in [1.807, 2.05) is 24.3 Å². The second-order valence-corrected chi connectivity index (χ2v) is 3.62. The Morgan fingerprint density at radius 3 is 2.64 bits per heavy atom. The average molecular weight is 258 g/mol. The molecule has 76 valence electrons. The van der Waals surface area contributed by atoms with Crippen LogP contribution in [0.25, 0.3) is 0 Å². The third-order valence-corrected chi connectivity index (χ3v) is 2.66. The number of benzene rings is 1. The third-order valence-electron chi connectivity index (χ3n) is 1.94. The molecule has 1 unspecified atom stereocenters. The van der Waals surface area contributed by atoms with Gasteiger partial charge in [0.25, 0.3) is 0 Å². The van der Waals surface area contributed by atoms with E-state index in [4.69, 9.17) is 4.74 Å². The van der Waals surface area contributed by atoms with Crippen molar-refractivity contribution in [2.24, 2.45) is 0 Å². The van der Waals surface area contributed by atoms with Gasteiger partial charge in [0.1, 0.15) is 6.04 Å². The Bertz CT molecular complexity index is 328. The van der Waals surface area contributed by atoms with Crippen LogP contribution in [0.15, 0.2) is 28.7 Å². The number of halogens is 1. The van der Waals surface area contributed by atoms with Crippen molar-refractivity contribution in [3.63, 3.8) is 0 Å². The van der Waals surface area contributed by atoms with Crippen molar-refractivity contribution in [2.45, 2.75) is 6.04 Å². The molecule has 0 heterocycles. The first kappa shape index (κ1) is 11.2. The monoisotopic (exact) mass is 257 g/mol. The number of methoxy groups -OCH3 is 1. The van der Waals surface area contributed by atoms with Gasteiger partial charge in [0.2, 0.25) is 0 Å². The van der Waals surface area contributed by atoms with Crippen LogP contribution in [0.5, 0.6) is 0 Å². The molecule has 1 aromatic carbocycles. The molecule has 0 aliphatic rings. The van der Waals surface area contributed by atoms with Gasteiger partial charge in [-0.25, -0.2) is 4.79 Å². The number of nitrogens with one attached hydrogen (secondary N) is 1. The molecule has 0 aliphatic heterocycles. The van der Waals surface area contributed by atoms with Crippen molar-refractivity contribution in [1.29, 1.82) is 0 Å². The zero-order valence-electron chi connectivity index (χ0n) is 8.08. The minimum atomic E-state index is -0.421. The highest BCUT2D eigenvalue weighted by Gasteiger charge is 2.20. The van der Waals surface area contributed by atoms with Gasteiger partial charge in [0, 0.05) is 4.47 Å². The fourth-order valence-electron chi connectivity index (χ4n) is 1.23. The number of hydrogen-bond donors (Lipinski definition) is 1. The normalized spacial score (nSPS) is 12.2. The zero-order chi connectivity index (χ0) is 10.6. The van der Waals surface area contributed by atoms with Crippen LogP contribution in [0.3, 0.4) is 0 Å². The van der Waals surface area contributed by atoms with Gasteiger partial charge in [-0.2, -0.15) is 0 Å². The topological polar surface area (TPSA) is 38.3 Å². The summed E-state index contributed by atoms with van der Waals surface area (Å²) in [5, 5.41) is 2.91. The molecule has 1 aromatic rings. The first-order valence-corrected chi connectivity index (χ1v) is 4.99. The van der Waals surface area contributed by atoms with Gasteiger partial charge in [-0.1, -0.05) is 34.1 Å². The fraction of sp³-hybridized carbons (Fsp3) is 0.300. The van der Waals surface area contributed by atoms with E-state index in [2.05, 4.69) is 21.2 Å². The van der Waals surface area contributed by atoms with Gasteiger partial charge in [0.15, 0.2) is 0 Å². The summed E-state index contributed by atoms with van der Waals surface area (Å²) in [6.07, 6.45) is 0. The van der Waals surface area contributed by atoms with Gasteiger partial charge >= 0.3 is 5.97 Å². The molecule has 0 saturated carbocycles. The molecule has 4 heteroatoms. The highest BCUT2D eigenvalue weighted by Crippen LogP contribution is 2.23. The van der Waals surface area contributed by atoms with E-state index in [0.717, 1.165) is 10.0 Å². The Balaban J connectivity index is 3.01. The van der Waals surface area contributed by atoms with E-state index in [0.29, 0.717) is 0 Å². The number of likely N-dealkylation sites (N-methyl/N-ethyl adjacent to an activating group) is 1. The van der Waals surface area contributed by atoms with Crippen LogP contribution in [0.4, 0.5) is 0 Å². The second-order valence-electron chi connectivity index (χ2n) is 2.77. The number of rotatable bonds is 3. The van der Waals surface area contributed by atoms with Crippen LogP contribution >= 0.6 is 15.9 Å². The number of esters is 1. The van der Waals surface area contributed by atoms with Crippen LogP contribution in [0, 0.1) is 0 Å². The maximum Gasteiger partial charge on any atom is 0.327 e. The summed E-state index contributed by atoms with van der Waals surface area (Å²) < 4.78 is 5.58. The lowest BCUT2D eigenvalue weighted by Gasteiger charge is -2.15. The SMILES string of the molecule is CNC(C(=O)OC)c1ccccc1Br. The Morgan fingerprint density at radius 2 is 2.14 bits per heavy atom. The van der Waals surface area contributed by atoms with E-state index >= 15 is 0 Å². The van der Waals surface area contributed by atoms with Crippen LogP contribution in [0.2, 0.25) is 0 Å². The molecule has 0 saturated heterocycles. The summed E-state index contributed by atoms with van der Waals surface area (Å²) in [4.78, 5) is 11.4. The molecular weight excluding hydrogens is 246 g/mol. The lowest BCUT2D eigenvalue weighted by Crippen LogP contribution is -2.26. The standard InChI is InChI=1S/C10H12BrNO2/c1-12-9(10(13)14-2)7-5-3-4-6-8(7)11/h3-6,9,12H,1-2H3. The van der Waals surface area contributed by atoms with Crippen molar-refractivity contribution in [2.75, 3.05) is 14.2 Å². The minimum Gasteiger partial charge on any atom is -0.468 e. The zero-order valence-corrected chi connectivity index (χ0v) is 9.67. The molecule has 14 heavy (non-hydrogen) atoms. The van der Waals surface area contributed by atoms with E-state index in [1.165, 1.54) is 7.11 Å². The minimum absolute atomic E-state index is 0.292. The molecule has 0 bridgehead atoms. The maximum atomic E-state index is 11.4. The molecule has 1 atom stereocenters. The van der Waals surface area contributed by atoms with Gasteiger partial charge in [-0.3, -0.25) is 0 Å². The van der Waals surface area contributed by atoms with Crippen LogP contribution in [-0.4, -0.2) is 20.1 Å². The van der Waals surface area contributed by atoms with E-state index < -0.39 is 6.04 Å². The Kier molecular flexibility index (Phi) is 4.10.